The second-order valence-corrected chi connectivity index (χ2v) is 5.54. The minimum atomic E-state index is -0.0418. The van der Waals surface area contributed by atoms with Crippen LogP contribution in [-0.2, 0) is 9.05 Å². The van der Waals surface area contributed by atoms with E-state index in [0.29, 0.717) is 15.1 Å². The van der Waals surface area contributed by atoms with Gasteiger partial charge in [0, 0.05) is 18.0 Å². The van der Waals surface area contributed by atoms with E-state index in [1.807, 2.05) is 12.1 Å². The van der Waals surface area contributed by atoms with Gasteiger partial charge in [0.25, 0.3) is 0 Å². The van der Waals surface area contributed by atoms with E-state index < -0.39 is 0 Å². The molecule has 0 saturated carbocycles. The molecule has 19 heavy (non-hydrogen) atoms. The molecule has 0 radical (unpaired) electrons. The number of hydrogen-bond acceptors (Lipinski definition) is 3. The summed E-state index contributed by atoms with van der Waals surface area (Å²) in [7, 11) is 6.89. The van der Waals surface area contributed by atoms with Crippen LogP contribution >= 0.6 is 26.9 Å². The van der Waals surface area contributed by atoms with Crippen molar-refractivity contribution in [1.82, 2.24) is 0 Å². The average molecular weight is 314 g/mol. The van der Waals surface area contributed by atoms with E-state index in [9.17, 15) is 0 Å². The van der Waals surface area contributed by atoms with Crippen molar-refractivity contribution in [2.75, 3.05) is 13.7 Å². The molecule has 2 rings (SSSR count). The van der Waals surface area contributed by atoms with Gasteiger partial charge in [0.15, 0.2) is 0 Å². The molecule has 0 saturated heterocycles. The maximum absolute atomic E-state index is 5.69. The molecule has 102 valence electrons. The Hall–Kier alpha value is -0.290. The van der Waals surface area contributed by atoms with Crippen molar-refractivity contribution in [2.45, 2.75) is 6.10 Å². The third-order valence-corrected chi connectivity index (χ3v) is 3.92. The lowest BCUT2D eigenvalue weighted by Gasteiger charge is -2.16. The van der Waals surface area contributed by atoms with Crippen LogP contribution in [0.1, 0.15) is 11.7 Å². The van der Waals surface area contributed by atoms with Gasteiger partial charge in [-0.25, -0.2) is 0 Å². The molecule has 0 N–H and O–H groups in total. The molecule has 0 bridgehead atoms. The van der Waals surface area contributed by atoms with E-state index in [0.717, 1.165) is 16.7 Å². The second-order valence-electron chi connectivity index (χ2n) is 4.03. The highest BCUT2D eigenvalue weighted by atomic mass is 32.0. The monoisotopic (exact) mass is 314 g/mol. The van der Waals surface area contributed by atoms with Crippen molar-refractivity contribution in [3.63, 3.8) is 0 Å². The van der Waals surface area contributed by atoms with Crippen LogP contribution in [0.15, 0.2) is 36.4 Å². The number of ether oxygens (including phenoxy) is 1. The molecule has 0 fully saturated rings. The normalized spacial score (nSPS) is 13.2. The number of methoxy groups -OCH3 is 1. The lowest BCUT2D eigenvalue weighted by Crippen LogP contribution is -2.04. The molecule has 0 aliphatic heterocycles. The fraction of sp³-hybridized carbons (Fsp3) is 0.231. The maximum atomic E-state index is 5.69. The zero-order valence-electron chi connectivity index (χ0n) is 10.6. The molecule has 0 aliphatic carbocycles. The quantitative estimate of drug-likeness (QED) is 0.752. The van der Waals surface area contributed by atoms with Crippen LogP contribution in [0.2, 0.25) is 0 Å². The molecular weight excluding hydrogens is 297 g/mol. The Morgan fingerprint density at radius 2 is 1.89 bits per heavy atom. The van der Waals surface area contributed by atoms with E-state index >= 15 is 0 Å². The van der Waals surface area contributed by atoms with Gasteiger partial charge in [-0.15, -0.1) is 0 Å². The molecule has 3 nitrogen and oxygen atoms in total. The van der Waals surface area contributed by atoms with Crippen molar-refractivity contribution in [3.8, 4) is 5.75 Å². The summed E-state index contributed by atoms with van der Waals surface area (Å²) in [6.45, 7) is 0.522. The van der Waals surface area contributed by atoms with Crippen molar-refractivity contribution in [2.24, 2.45) is 0 Å². The Bertz CT molecular complexity index is 542. The van der Waals surface area contributed by atoms with E-state index in [-0.39, 0.29) is 6.10 Å². The third kappa shape index (κ3) is 3.85. The Labute approximate surface area is 119 Å². The topological polar surface area (TPSA) is 27.7 Å². The summed E-state index contributed by atoms with van der Waals surface area (Å²) < 4.78 is 16.0. The van der Waals surface area contributed by atoms with Gasteiger partial charge < -0.3 is 13.8 Å². The Morgan fingerprint density at radius 1 is 1.16 bits per heavy atom. The van der Waals surface area contributed by atoms with Crippen LogP contribution in [0.5, 0.6) is 5.75 Å². The highest BCUT2D eigenvalue weighted by Gasteiger charge is 2.12. The van der Waals surface area contributed by atoms with Gasteiger partial charge >= 0.3 is 0 Å². The summed E-state index contributed by atoms with van der Waals surface area (Å²) in [4.78, 5) is 0. The zero-order valence-corrected chi connectivity index (χ0v) is 13.9. The minimum Gasteiger partial charge on any atom is -0.497 e. The lowest BCUT2D eigenvalue weighted by molar-refractivity contribution is 0.165. The predicted octanol–water partition coefficient (Wildman–Crippen LogP) is 4.10. The molecule has 6 heteroatoms. The van der Waals surface area contributed by atoms with Crippen molar-refractivity contribution in [1.29, 1.82) is 0 Å². The summed E-state index contributed by atoms with van der Waals surface area (Å²) in [5.41, 5.74) is 1.12. The van der Waals surface area contributed by atoms with Crippen LogP contribution in [0, 0.1) is 0 Å². The highest BCUT2D eigenvalue weighted by Crippen LogP contribution is 2.33. The minimum absolute atomic E-state index is 0.0418. The molecule has 4 atom stereocenters. The van der Waals surface area contributed by atoms with Crippen molar-refractivity contribution < 1.29 is 13.8 Å². The van der Waals surface area contributed by atoms with Crippen LogP contribution in [0.3, 0.4) is 0 Å². The van der Waals surface area contributed by atoms with Gasteiger partial charge in [0.2, 0.25) is 0 Å². The van der Waals surface area contributed by atoms with Gasteiger partial charge in [-0.3, -0.25) is 0 Å². The maximum Gasteiger partial charge on any atom is 0.119 e. The van der Waals surface area contributed by atoms with E-state index in [2.05, 4.69) is 42.7 Å². The fourth-order valence-electron chi connectivity index (χ4n) is 1.94. The second kappa shape index (κ2) is 7.48. The van der Waals surface area contributed by atoms with Crippen molar-refractivity contribution in [3.05, 3.63) is 42.0 Å². The summed E-state index contributed by atoms with van der Waals surface area (Å²) in [5.74, 6) is 0.868. The van der Waals surface area contributed by atoms with E-state index in [4.69, 9.17) is 13.8 Å². The number of fused-ring (bicyclic) bond motifs is 1. The molecule has 2 aromatic carbocycles. The summed E-state index contributed by atoms with van der Waals surface area (Å²) >= 11 is 0. The smallest absolute Gasteiger partial charge is 0.119 e. The first-order valence-corrected chi connectivity index (χ1v) is 8.98. The largest absolute Gasteiger partial charge is 0.497 e. The van der Waals surface area contributed by atoms with Gasteiger partial charge in [-0.05, 0) is 34.5 Å². The van der Waals surface area contributed by atoms with Crippen LogP contribution < -0.4 is 4.74 Å². The summed E-state index contributed by atoms with van der Waals surface area (Å²) in [5, 5.41) is 2.32. The number of benzene rings is 2. The zero-order chi connectivity index (χ0) is 13.7. The van der Waals surface area contributed by atoms with E-state index in [1.165, 1.54) is 5.39 Å². The molecule has 0 aromatic heterocycles. The molecular formula is C13H17O3P3. The van der Waals surface area contributed by atoms with E-state index in [1.54, 1.807) is 7.11 Å². The first-order chi connectivity index (χ1) is 9.28. The SMILES string of the molecule is COc1ccc2cc(C(COP)OPP)ccc2c1. The number of hydrogen-bond donors (Lipinski definition) is 0. The predicted molar refractivity (Wildman–Crippen MR) is 88.0 cm³/mol. The highest BCUT2D eigenvalue weighted by molar-refractivity contribution is 8.00. The lowest BCUT2D eigenvalue weighted by atomic mass is 10.0. The van der Waals surface area contributed by atoms with Gasteiger partial charge in [0.1, 0.15) is 11.9 Å². The third-order valence-electron chi connectivity index (χ3n) is 2.90. The molecule has 2 aromatic rings. The van der Waals surface area contributed by atoms with Crippen molar-refractivity contribution >= 4 is 37.7 Å². The molecule has 0 heterocycles. The Kier molecular flexibility index (Phi) is 5.95. The molecule has 4 unspecified atom stereocenters. The Morgan fingerprint density at radius 3 is 2.58 bits per heavy atom. The van der Waals surface area contributed by atoms with Crippen LogP contribution in [0.4, 0.5) is 0 Å². The Balaban J connectivity index is 2.34. The first-order valence-electron chi connectivity index (χ1n) is 5.79. The first kappa shape index (κ1) is 15.1. The van der Waals surface area contributed by atoms with Gasteiger partial charge in [-0.1, -0.05) is 27.1 Å². The fourth-order valence-corrected chi connectivity index (χ4v) is 2.97. The van der Waals surface area contributed by atoms with Gasteiger partial charge in [-0.2, -0.15) is 0 Å². The molecule has 0 spiro atoms. The standard InChI is InChI=1S/C13H17O3P3/c1-14-12-5-4-9-6-11(3-2-10(9)7-12)13(8-15-17)16-19-18/h2-7,13,19H,8,17-18H2,1H3. The average Bonchev–Trinajstić information content (AvgIpc) is 2.46. The van der Waals surface area contributed by atoms with Gasteiger partial charge in [0.05, 0.1) is 13.7 Å². The molecule has 0 amide bonds. The number of rotatable bonds is 6. The van der Waals surface area contributed by atoms with Crippen LogP contribution in [-0.4, -0.2) is 13.7 Å². The summed E-state index contributed by atoms with van der Waals surface area (Å²) in [6.07, 6.45) is -0.0418. The van der Waals surface area contributed by atoms with Crippen LogP contribution in [0.25, 0.3) is 10.8 Å². The summed E-state index contributed by atoms with van der Waals surface area (Å²) in [6, 6.07) is 12.3. The molecule has 0 aliphatic rings.